The highest BCUT2D eigenvalue weighted by Crippen LogP contribution is 2.40. The summed E-state index contributed by atoms with van der Waals surface area (Å²) in [5.74, 6) is 0. The minimum Gasteiger partial charge on any atom is -0.457 e. The number of rotatable bonds is 2. The van der Waals surface area contributed by atoms with Gasteiger partial charge in [0.2, 0.25) is 0 Å². The van der Waals surface area contributed by atoms with Crippen molar-refractivity contribution in [3.63, 3.8) is 0 Å². The van der Waals surface area contributed by atoms with Crippen LogP contribution in [0.25, 0.3) is 0 Å². The van der Waals surface area contributed by atoms with E-state index in [-0.39, 0.29) is 4.83 Å². The van der Waals surface area contributed by atoms with Gasteiger partial charge in [0.1, 0.15) is 0 Å². The second kappa shape index (κ2) is 5.59. The second-order valence-electron chi connectivity index (χ2n) is 3.64. The van der Waals surface area contributed by atoms with E-state index in [1.54, 1.807) is 6.26 Å². The normalized spacial score (nSPS) is 12.8. The largest absolute Gasteiger partial charge is 0.457 e. The van der Waals surface area contributed by atoms with Crippen LogP contribution in [0.15, 0.2) is 42.5 Å². The lowest BCUT2D eigenvalue weighted by Gasteiger charge is -2.13. The summed E-state index contributed by atoms with van der Waals surface area (Å²) in [4.78, 5) is 0.0851. The Labute approximate surface area is 133 Å². The number of hydrogen-bond donors (Lipinski definition) is 0. The van der Waals surface area contributed by atoms with Crippen LogP contribution in [0.5, 0.6) is 0 Å². The maximum Gasteiger partial charge on any atom is 0.173 e. The molecule has 0 saturated heterocycles. The third-order valence-corrected chi connectivity index (χ3v) is 5.64. The van der Waals surface area contributed by atoms with Crippen molar-refractivity contribution < 1.29 is 4.42 Å². The van der Waals surface area contributed by atoms with Gasteiger partial charge in [-0.2, -0.15) is 0 Å². The first-order chi connectivity index (χ1) is 8.00. The maximum absolute atomic E-state index is 5.26. The van der Waals surface area contributed by atoms with Gasteiger partial charge in [0, 0.05) is 14.5 Å². The molecule has 90 valence electrons. The fraction of sp³-hybridized carbons (Fsp3) is 0.167. The zero-order valence-electron chi connectivity index (χ0n) is 8.81. The Morgan fingerprint density at radius 1 is 1.06 bits per heavy atom. The lowest BCUT2D eigenvalue weighted by Crippen LogP contribution is -1.94. The predicted molar refractivity (Wildman–Crippen MR) is 83.8 cm³/mol. The van der Waals surface area contributed by atoms with E-state index in [4.69, 9.17) is 4.42 Å². The van der Waals surface area contributed by atoms with E-state index in [9.17, 15) is 0 Å². The summed E-state index contributed by atoms with van der Waals surface area (Å²) in [5.41, 5.74) is 3.43. The van der Waals surface area contributed by atoms with Gasteiger partial charge in [-0.05, 0) is 52.2 Å². The monoisotopic (exact) mass is 484 g/mol. The summed E-state index contributed by atoms with van der Waals surface area (Å²) in [7, 11) is 0. The zero-order valence-corrected chi connectivity index (χ0v) is 15.2. The van der Waals surface area contributed by atoms with Crippen LogP contribution < -0.4 is 0 Å². The van der Waals surface area contributed by atoms with Gasteiger partial charge in [-0.1, -0.05) is 47.8 Å². The second-order valence-corrected chi connectivity index (χ2v) is 6.98. The average Bonchev–Trinajstić information content (AvgIpc) is 2.69. The maximum atomic E-state index is 5.26. The molecule has 2 rings (SSSR count). The topological polar surface area (TPSA) is 13.1 Å². The highest BCUT2D eigenvalue weighted by molar-refractivity contribution is 9.11. The minimum absolute atomic E-state index is 0.0851. The molecule has 0 aliphatic carbocycles. The summed E-state index contributed by atoms with van der Waals surface area (Å²) < 4.78 is 8.19. The first-order valence-electron chi connectivity index (χ1n) is 4.83. The lowest BCUT2D eigenvalue weighted by molar-refractivity contribution is 0.537. The SMILES string of the molecule is Cc1cc(Br)c(C(Br)c2ccoc2Br)cc1Br. The van der Waals surface area contributed by atoms with Crippen molar-refractivity contribution in [1.82, 2.24) is 0 Å². The number of aryl methyl sites for hydroxylation is 1. The molecule has 0 radical (unpaired) electrons. The molecule has 1 atom stereocenters. The van der Waals surface area contributed by atoms with Gasteiger partial charge in [0.25, 0.3) is 0 Å². The summed E-state index contributed by atoms with van der Waals surface area (Å²) in [6, 6.07) is 6.16. The van der Waals surface area contributed by atoms with Crippen LogP contribution >= 0.6 is 63.7 Å². The molecule has 0 saturated carbocycles. The van der Waals surface area contributed by atoms with Crippen LogP contribution in [-0.4, -0.2) is 0 Å². The molecule has 0 amide bonds. The fourth-order valence-electron chi connectivity index (χ4n) is 1.51. The van der Waals surface area contributed by atoms with Gasteiger partial charge >= 0.3 is 0 Å². The molecule has 0 bridgehead atoms. The van der Waals surface area contributed by atoms with Crippen LogP contribution in [0, 0.1) is 6.92 Å². The van der Waals surface area contributed by atoms with Crippen LogP contribution in [0.3, 0.4) is 0 Å². The Kier molecular flexibility index (Phi) is 4.55. The molecule has 0 spiro atoms. The van der Waals surface area contributed by atoms with Crippen molar-refractivity contribution in [1.29, 1.82) is 0 Å². The van der Waals surface area contributed by atoms with Crippen molar-refractivity contribution in [3.05, 3.63) is 54.8 Å². The van der Waals surface area contributed by atoms with E-state index in [0.717, 1.165) is 24.7 Å². The van der Waals surface area contributed by atoms with Crippen molar-refractivity contribution in [2.75, 3.05) is 0 Å². The highest BCUT2D eigenvalue weighted by atomic mass is 79.9. The smallest absolute Gasteiger partial charge is 0.173 e. The molecule has 1 heterocycles. The molecule has 0 N–H and O–H groups in total. The first-order valence-corrected chi connectivity index (χ1v) is 8.12. The average molecular weight is 488 g/mol. The van der Waals surface area contributed by atoms with Crippen molar-refractivity contribution in [2.24, 2.45) is 0 Å². The Morgan fingerprint density at radius 3 is 2.35 bits per heavy atom. The lowest BCUT2D eigenvalue weighted by atomic mass is 10.1. The van der Waals surface area contributed by atoms with Gasteiger partial charge in [-0.25, -0.2) is 0 Å². The van der Waals surface area contributed by atoms with Gasteiger partial charge < -0.3 is 4.42 Å². The highest BCUT2D eigenvalue weighted by Gasteiger charge is 2.19. The summed E-state index contributed by atoms with van der Waals surface area (Å²) in [6.07, 6.45) is 1.67. The van der Waals surface area contributed by atoms with Crippen molar-refractivity contribution >= 4 is 63.7 Å². The van der Waals surface area contributed by atoms with E-state index in [1.165, 1.54) is 5.56 Å². The van der Waals surface area contributed by atoms with Crippen LogP contribution in [-0.2, 0) is 0 Å². The third-order valence-electron chi connectivity index (χ3n) is 2.47. The number of benzene rings is 1. The Bertz CT molecular complexity index is 547. The Balaban J connectivity index is 2.48. The molecule has 0 aliphatic rings. The molecule has 1 nitrogen and oxygen atoms in total. The van der Waals surface area contributed by atoms with E-state index >= 15 is 0 Å². The van der Waals surface area contributed by atoms with E-state index in [0.29, 0.717) is 0 Å². The predicted octanol–water partition coefficient (Wildman–Crippen LogP) is 6.36. The van der Waals surface area contributed by atoms with Crippen LogP contribution in [0.4, 0.5) is 0 Å². The molecular formula is C12H8Br4O. The quantitative estimate of drug-likeness (QED) is 0.449. The van der Waals surface area contributed by atoms with Gasteiger partial charge in [-0.15, -0.1) is 0 Å². The van der Waals surface area contributed by atoms with Gasteiger partial charge in [-0.3, -0.25) is 0 Å². The van der Waals surface area contributed by atoms with Crippen molar-refractivity contribution in [2.45, 2.75) is 11.8 Å². The Hall–Kier alpha value is 0.420. The van der Waals surface area contributed by atoms with E-state index in [1.807, 2.05) is 6.07 Å². The van der Waals surface area contributed by atoms with Crippen molar-refractivity contribution in [3.8, 4) is 0 Å². The number of alkyl halides is 1. The number of halogens is 4. The zero-order chi connectivity index (χ0) is 12.6. The molecule has 0 aliphatic heterocycles. The summed E-state index contributed by atoms with van der Waals surface area (Å²) in [5, 5.41) is 0. The molecule has 2 aromatic rings. The molecule has 17 heavy (non-hydrogen) atoms. The molecular weight excluding hydrogens is 480 g/mol. The molecule has 5 heteroatoms. The Morgan fingerprint density at radius 2 is 1.76 bits per heavy atom. The van der Waals surface area contributed by atoms with Gasteiger partial charge in [0.15, 0.2) is 4.67 Å². The fourth-order valence-corrected chi connectivity index (χ4v) is 4.38. The standard InChI is InChI=1S/C12H8Br4O/c1-6-4-10(14)8(5-9(6)13)11(15)7-2-3-17-12(7)16/h2-5,11H,1H3. The van der Waals surface area contributed by atoms with Crippen LogP contribution in [0.1, 0.15) is 21.5 Å². The van der Waals surface area contributed by atoms with Gasteiger partial charge in [0.05, 0.1) is 11.1 Å². The summed E-state index contributed by atoms with van der Waals surface area (Å²) in [6.45, 7) is 2.07. The first kappa shape index (κ1) is 13.8. The minimum atomic E-state index is 0.0851. The molecule has 1 aromatic carbocycles. The van der Waals surface area contributed by atoms with E-state index in [2.05, 4.69) is 82.8 Å². The van der Waals surface area contributed by atoms with Crippen LogP contribution in [0.2, 0.25) is 0 Å². The van der Waals surface area contributed by atoms with E-state index < -0.39 is 0 Å². The molecule has 0 fully saturated rings. The summed E-state index contributed by atoms with van der Waals surface area (Å²) >= 11 is 14.2. The third kappa shape index (κ3) is 2.88. The number of hydrogen-bond acceptors (Lipinski definition) is 1. The molecule has 1 aromatic heterocycles. The molecule has 1 unspecified atom stereocenters. The number of furan rings is 1.